The minimum absolute atomic E-state index is 0.142. The number of halogens is 1. The van der Waals surface area contributed by atoms with Crippen LogP contribution in [0, 0.1) is 5.82 Å². The quantitative estimate of drug-likeness (QED) is 0.863. The molecule has 1 aromatic carbocycles. The molecule has 1 aliphatic carbocycles. The predicted molar refractivity (Wildman–Crippen MR) is 73.1 cm³/mol. The van der Waals surface area contributed by atoms with Crippen molar-refractivity contribution in [3.8, 4) is 0 Å². The highest BCUT2D eigenvalue weighted by Gasteiger charge is 2.30. The van der Waals surface area contributed by atoms with E-state index in [1.807, 2.05) is 23.9 Å². The molecule has 0 heterocycles. The second kappa shape index (κ2) is 5.87. The van der Waals surface area contributed by atoms with E-state index in [2.05, 4.69) is 18.5 Å². The summed E-state index contributed by atoms with van der Waals surface area (Å²) in [5.41, 5.74) is 1.28. The van der Waals surface area contributed by atoms with E-state index in [1.54, 1.807) is 12.1 Å². The number of thioether (sulfide) groups is 1. The molecule has 1 saturated carbocycles. The number of nitrogens with one attached hydrogen (secondary N) is 1. The lowest BCUT2D eigenvalue weighted by Gasteiger charge is -2.38. The molecule has 1 unspecified atom stereocenters. The predicted octanol–water partition coefficient (Wildman–Crippen LogP) is 3.41. The number of rotatable bonds is 5. The van der Waals surface area contributed by atoms with Crippen LogP contribution in [0.4, 0.5) is 4.39 Å². The first-order valence-corrected chi connectivity index (χ1v) is 7.59. The fourth-order valence-electron chi connectivity index (χ4n) is 2.46. The third kappa shape index (κ3) is 3.46. The van der Waals surface area contributed by atoms with E-state index in [4.69, 9.17) is 0 Å². The van der Waals surface area contributed by atoms with Crippen molar-refractivity contribution in [2.75, 3.05) is 12.0 Å². The second-order valence-corrected chi connectivity index (χ2v) is 5.85. The van der Waals surface area contributed by atoms with Crippen LogP contribution in [-0.2, 0) is 0 Å². The first-order chi connectivity index (χ1) is 8.19. The molecule has 0 radical (unpaired) electrons. The summed E-state index contributed by atoms with van der Waals surface area (Å²) in [4.78, 5) is 0. The van der Waals surface area contributed by atoms with Crippen molar-refractivity contribution in [3.63, 3.8) is 0 Å². The summed E-state index contributed by atoms with van der Waals surface area (Å²) in [6.45, 7) is 2.24. The second-order valence-electron chi connectivity index (χ2n) is 4.94. The van der Waals surface area contributed by atoms with Crippen molar-refractivity contribution in [2.24, 2.45) is 0 Å². The Morgan fingerprint density at radius 3 is 2.59 bits per heavy atom. The summed E-state index contributed by atoms with van der Waals surface area (Å²) >= 11 is 1.88. The van der Waals surface area contributed by atoms with Crippen LogP contribution in [0.1, 0.15) is 31.2 Å². The highest BCUT2D eigenvalue weighted by atomic mass is 32.2. The van der Waals surface area contributed by atoms with Crippen LogP contribution >= 0.6 is 11.8 Å². The van der Waals surface area contributed by atoms with Crippen molar-refractivity contribution in [2.45, 2.75) is 37.8 Å². The third-order valence-corrected chi connectivity index (χ3v) is 4.25. The van der Waals surface area contributed by atoms with Gasteiger partial charge in [0.25, 0.3) is 0 Å². The Balaban J connectivity index is 1.77. The van der Waals surface area contributed by atoms with E-state index in [0.717, 1.165) is 5.75 Å². The summed E-state index contributed by atoms with van der Waals surface area (Å²) in [5.74, 6) is 1.64. The molecule has 1 aromatic rings. The lowest BCUT2D eigenvalue weighted by atomic mass is 9.75. The molecule has 2 rings (SSSR count). The lowest BCUT2D eigenvalue weighted by molar-refractivity contribution is 0.276. The molecule has 0 saturated heterocycles. The van der Waals surface area contributed by atoms with Gasteiger partial charge in [0.2, 0.25) is 0 Å². The summed E-state index contributed by atoms with van der Waals surface area (Å²) in [6.07, 6.45) is 4.51. The summed E-state index contributed by atoms with van der Waals surface area (Å²) < 4.78 is 12.8. The van der Waals surface area contributed by atoms with Crippen LogP contribution in [-0.4, -0.2) is 24.1 Å². The van der Waals surface area contributed by atoms with Crippen molar-refractivity contribution < 1.29 is 4.39 Å². The Morgan fingerprint density at radius 2 is 2.00 bits per heavy atom. The molecule has 1 atom stereocenters. The largest absolute Gasteiger partial charge is 0.311 e. The number of hydrogen-bond donors (Lipinski definition) is 1. The zero-order valence-corrected chi connectivity index (χ0v) is 11.3. The topological polar surface area (TPSA) is 12.0 Å². The fraction of sp³-hybridized carbons (Fsp3) is 0.571. The first-order valence-electron chi connectivity index (χ1n) is 6.19. The minimum atomic E-state index is -0.142. The van der Waals surface area contributed by atoms with Gasteiger partial charge in [-0.15, -0.1) is 0 Å². The van der Waals surface area contributed by atoms with Gasteiger partial charge in [-0.2, -0.15) is 11.8 Å². The maximum absolute atomic E-state index is 12.8. The molecule has 0 aliphatic heterocycles. The van der Waals surface area contributed by atoms with Crippen LogP contribution in [0.3, 0.4) is 0 Å². The molecule has 0 amide bonds. The molecule has 0 spiro atoms. The van der Waals surface area contributed by atoms with Gasteiger partial charge in [-0.25, -0.2) is 4.39 Å². The Hall–Kier alpha value is -0.540. The molecule has 1 fully saturated rings. The molecule has 0 aromatic heterocycles. The Kier molecular flexibility index (Phi) is 4.46. The van der Waals surface area contributed by atoms with Crippen molar-refractivity contribution in [1.82, 2.24) is 5.32 Å². The summed E-state index contributed by atoms with van der Waals surface area (Å²) in [5, 5.41) is 3.63. The molecule has 94 valence electrons. The number of hydrogen-bond acceptors (Lipinski definition) is 2. The third-order valence-electron chi connectivity index (χ3n) is 3.42. The van der Waals surface area contributed by atoms with E-state index in [-0.39, 0.29) is 5.82 Å². The van der Waals surface area contributed by atoms with Gasteiger partial charge < -0.3 is 5.32 Å². The van der Waals surface area contributed by atoms with Gasteiger partial charge >= 0.3 is 0 Å². The molecular formula is C14H20FNS. The lowest BCUT2D eigenvalue weighted by Crippen LogP contribution is -2.45. The molecule has 0 bridgehead atoms. The molecule has 1 nitrogen and oxygen atoms in total. The van der Waals surface area contributed by atoms with Crippen LogP contribution in [0.2, 0.25) is 0 Å². The summed E-state index contributed by atoms with van der Waals surface area (Å²) in [6, 6.07) is 8.19. The average Bonchev–Trinajstić information content (AvgIpc) is 2.25. The van der Waals surface area contributed by atoms with Gasteiger partial charge in [-0.05, 0) is 49.6 Å². The van der Waals surface area contributed by atoms with Gasteiger partial charge in [0.05, 0.1) is 0 Å². The van der Waals surface area contributed by atoms with Crippen molar-refractivity contribution in [1.29, 1.82) is 0 Å². The standard InChI is InChI=1S/C14H20FNS/c1-10(9-17-2)16-14-7-12(8-14)11-3-5-13(15)6-4-11/h3-6,10,12,14,16H,7-9H2,1-2H3. The molecule has 17 heavy (non-hydrogen) atoms. The highest BCUT2D eigenvalue weighted by molar-refractivity contribution is 7.98. The Bertz CT molecular complexity index is 346. The van der Waals surface area contributed by atoms with E-state index >= 15 is 0 Å². The van der Waals surface area contributed by atoms with Crippen molar-refractivity contribution >= 4 is 11.8 Å². The monoisotopic (exact) mass is 253 g/mol. The normalized spacial score (nSPS) is 25.4. The molecule has 1 aliphatic rings. The maximum Gasteiger partial charge on any atom is 0.123 e. The van der Waals surface area contributed by atoms with Gasteiger partial charge in [-0.1, -0.05) is 12.1 Å². The van der Waals surface area contributed by atoms with Crippen LogP contribution in [0.5, 0.6) is 0 Å². The first kappa shape index (κ1) is 12.9. The SMILES string of the molecule is CSCC(C)NC1CC(c2ccc(F)cc2)C1. The average molecular weight is 253 g/mol. The highest BCUT2D eigenvalue weighted by Crippen LogP contribution is 2.37. The van der Waals surface area contributed by atoms with Crippen LogP contribution in [0.25, 0.3) is 0 Å². The van der Waals surface area contributed by atoms with Gasteiger partial charge in [-0.3, -0.25) is 0 Å². The Labute approximate surface area is 107 Å². The van der Waals surface area contributed by atoms with E-state index < -0.39 is 0 Å². The van der Waals surface area contributed by atoms with Gasteiger partial charge in [0.1, 0.15) is 5.82 Å². The summed E-state index contributed by atoms with van der Waals surface area (Å²) in [7, 11) is 0. The fourth-order valence-corrected chi connectivity index (χ4v) is 3.06. The van der Waals surface area contributed by atoms with E-state index in [0.29, 0.717) is 18.0 Å². The van der Waals surface area contributed by atoms with Crippen LogP contribution in [0.15, 0.2) is 24.3 Å². The Morgan fingerprint density at radius 1 is 1.35 bits per heavy atom. The number of benzene rings is 1. The zero-order chi connectivity index (χ0) is 12.3. The van der Waals surface area contributed by atoms with Gasteiger partial charge in [0.15, 0.2) is 0 Å². The maximum atomic E-state index is 12.8. The molecular weight excluding hydrogens is 233 g/mol. The van der Waals surface area contributed by atoms with Crippen molar-refractivity contribution in [3.05, 3.63) is 35.6 Å². The molecule has 3 heteroatoms. The molecule has 1 N–H and O–H groups in total. The van der Waals surface area contributed by atoms with E-state index in [9.17, 15) is 4.39 Å². The van der Waals surface area contributed by atoms with Crippen LogP contribution < -0.4 is 5.32 Å². The zero-order valence-electron chi connectivity index (χ0n) is 10.4. The minimum Gasteiger partial charge on any atom is -0.311 e. The smallest absolute Gasteiger partial charge is 0.123 e. The van der Waals surface area contributed by atoms with E-state index in [1.165, 1.54) is 18.4 Å². The van der Waals surface area contributed by atoms with Gasteiger partial charge in [0, 0.05) is 17.8 Å².